The monoisotopic (exact) mass is 338 g/mol. The zero-order valence-electron chi connectivity index (χ0n) is 14.1. The molecule has 2 aromatic carbocycles. The molecule has 0 atom stereocenters. The van der Waals surface area contributed by atoms with Crippen LogP contribution in [0.3, 0.4) is 0 Å². The van der Waals surface area contributed by atoms with Gasteiger partial charge in [-0.2, -0.15) is 0 Å². The van der Waals surface area contributed by atoms with Gasteiger partial charge < -0.3 is 9.88 Å². The fourth-order valence-corrected chi connectivity index (χ4v) is 2.74. The smallest absolute Gasteiger partial charge is 0.254 e. The average molecular weight is 338 g/mol. The summed E-state index contributed by atoms with van der Waals surface area (Å²) in [5, 5.41) is 0.912. The first-order valence-electron chi connectivity index (χ1n) is 8.13. The topological polar surface area (TPSA) is 53.2 Å². The van der Waals surface area contributed by atoms with Gasteiger partial charge >= 0.3 is 0 Å². The van der Waals surface area contributed by atoms with E-state index in [-0.39, 0.29) is 24.1 Å². The Bertz CT molecular complexity index is 961. The highest BCUT2D eigenvalue weighted by atomic mass is 19.1. The number of halogens is 1. The molecule has 3 aromatic rings. The lowest BCUT2D eigenvalue weighted by atomic mass is 10.1. The van der Waals surface area contributed by atoms with E-state index < -0.39 is 5.82 Å². The number of rotatable bonds is 4. The van der Waals surface area contributed by atoms with Crippen LogP contribution in [0.15, 0.2) is 59.4 Å². The van der Waals surface area contributed by atoms with Crippen molar-refractivity contribution < 1.29 is 9.18 Å². The van der Waals surface area contributed by atoms with Crippen molar-refractivity contribution in [3.8, 4) is 0 Å². The molecule has 128 valence electrons. The van der Waals surface area contributed by atoms with Crippen LogP contribution in [0.5, 0.6) is 0 Å². The molecular weight excluding hydrogens is 319 g/mol. The summed E-state index contributed by atoms with van der Waals surface area (Å²) in [6.45, 7) is 3.96. The summed E-state index contributed by atoms with van der Waals surface area (Å²) in [4.78, 5) is 29.6. The van der Waals surface area contributed by atoms with Crippen LogP contribution in [0.2, 0.25) is 0 Å². The molecule has 3 rings (SSSR count). The maximum Gasteiger partial charge on any atom is 0.254 e. The van der Waals surface area contributed by atoms with Crippen molar-refractivity contribution in [2.24, 2.45) is 0 Å². The van der Waals surface area contributed by atoms with E-state index in [9.17, 15) is 14.0 Å². The van der Waals surface area contributed by atoms with E-state index in [4.69, 9.17) is 0 Å². The highest BCUT2D eigenvalue weighted by molar-refractivity contribution is 5.94. The van der Waals surface area contributed by atoms with E-state index in [2.05, 4.69) is 4.98 Å². The molecule has 0 fully saturated rings. The summed E-state index contributed by atoms with van der Waals surface area (Å²) in [7, 11) is 0. The molecule has 1 amide bonds. The van der Waals surface area contributed by atoms with Crippen molar-refractivity contribution in [2.75, 3.05) is 0 Å². The number of carbonyl (C=O) groups excluding carboxylic acids is 1. The van der Waals surface area contributed by atoms with Gasteiger partial charge in [0.1, 0.15) is 5.82 Å². The minimum Gasteiger partial charge on any atom is -0.332 e. The average Bonchev–Trinajstić information content (AvgIpc) is 2.59. The summed E-state index contributed by atoms with van der Waals surface area (Å²) >= 11 is 0. The number of para-hydroxylation sites is 1. The van der Waals surface area contributed by atoms with E-state index in [1.165, 1.54) is 24.3 Å². The van der Waals surface area contributed by atoms with Gasteiger partial charge in [-0.15, -0.1) is 0 Å². The number of hydrogen-bond donors (Lipinski definition) is 1. The van der Waals surface area contributed by atoms with Crippen molar-refractivity contribution in [2.45, 2.75) is 26.4 Å². The Balaban J connectivity index is 1.94. The van der Waals surface area contributed by atoms with Crippen LogP contribution in [0.1, 0.15) is 29.8 Å². The number of hydrogen-bond acceptors (Lipinski definition) is 2. The molecule has 0 bridgehead atoms. The van der Waals surface area contributed by atoms with E-state index in [0.29, 0.717) is 11.1 Å². The summed E-state index contributed by atoms with van der Waals surface area (Å²) in [5.74, 6) is -0.624. The minimum absolute atomic E-state index is 0.108. The van der Waals surface area contributed by atoms with Crippen molar-refractivity contribution >= 4 is 16.8 Å². The van der Waals surface area contributed by atoms with Gasteiger partial charge in [-0.3, -0.25) is 9.59 Å². The van der Waals surface area contributed by atoms with E-state index in [0.717, 1.165) is 10.9 Å². The SMILES string of the molecule is CC(C)N(Cc1cc2ccccc2[nH]c1=O)C(=O)c1ccc(F)cc1. The van der Waals surface area contributed by atoms with Gasteiger partial charge in [0, 0.05) is 22.7 Å². The fraction of sp³-hybridized carbons (Fsp3) is 0.200. The Labute approximate surface area is 144 Å². The van der Waals surface area contributed by atoms with Crippen LogP contribution in [0, 0.1) is 5.82 Å². The molecule has 5 heteroatoms. The molecule has 1 aromatic heterocycles. The number of amides is 1. The Morgan fingerprint density at radius 2 is 1.80 bits per heavy atom. The van der Waals surface area contributed by atoms with E-state index >= 15 is 0 Å². The van der Waals surface area contributed by atoms with Crippen LogP contribution >= 0.6 is 0 Å². The van der Waals surface area contributed by atoms with Crippen LogP contribution in [0.4, 0.5) is 4.39 Å². The predicted octanol–water partition coefficient (Wildman–Crippen LogP) is 3.72. The highest BCUT2D eigenvalue weighted by Crippen LogP contribution is 2.15. The largest absolute Gasteiger partial charge is 0.332 e. The summed E-state index contributed by atoms with van der Waals surface area (Å²) < 4.78 is 13.1. The second-order valence-electron chi connectivity index (χ2n) is 6.24. The molecule has 0 saturated heterocycles. The number of fused-ring (bicyclic) bond motifs is 1. The van der Waals surface area contributed by atoms with Gasteiger partial charge in [-0.05, 0) is 55.6 Å². The van der Waals surface area contributed by atoms with Crippen molar-refractivity contribution in [1.29, 1.82) is 0 Å². The lowest BCUT2D eigenvalue weighted by Gasteiger charge is -2.26. The Morgan fingerprint density at radius 1 is 1.12 bits per heavy atom. The zero-order valence-corrected chi connectivity index (χ0v) is 14.1. The summed E-state index contributed by atoms with van der Waals surface area (Å²) in [5.41, 5.74) is 1.46. The lowest BCUT2D eigenvalue weighted by Crippen LogP contribution is -2.38. The highest BCUT2D eigenvalue weighted by Gasteiger charge is 2.20. The third kappa shape index (κ3) is 3.60. The van der Waals surface area contributed by atoms with Crippen molar-refractivity contribution in [3.05, 3.63) is 81.9 Å². The zero-order chi connectivity index (χ0) is 18.0. The number of benzene rings is 2. The lowest BCUT2D eigenvalue weighted by molar-refractivity contribution is 0.0689. The number of aromatic amines is 1. The van der Waals surface area contributed by atoms with E-state index in [1.807, 2.05) is 44.2 Å². The maximum atomic E-state index is 13.1. The fourth-order valence-electron chi connectivity index (χ4n) is 2.74. The maximum absolute atomic E-state index is 13.1. The summed E-state index contributed by atoms with van der Waals surface area (Å²) in [6.07, 6.45) is 0. The summed E-state index contributed by atoms with van der Waals surface area (Å²) in [6, 6.07) is 14.6. The molecule has 1 N–H and O–H groups in total. The quantitative estimate of drug-likeness (QED) is 0.788. The molecule has 0 aliphatic carbocycles. The molecular formula is C20H19FN2O2. The molecule has 4 nitrogen and oxygen atoms in total. The van der Waals surface area contributed by atoms with Crippen molar-refractivity contribution in [1.82, 2.24) is 9.88 Å². The van der Waals surface area contributed by atoms with Gasteiger partial charge in [0.25, 0.3) is 11.5 Å². The molecule has 25 heavy (non-hydrogen) atoms. The van der Waals surface area contributed by atoms with Gasteiger partial charge in [-0.1, -0.05) is 18.2 Å². The number of H-pyrrole nitrogens is 1. The molecule has 0 radical (unpaired) electrons. The second kappa shape index (κ2) is 6.89. The first kappa shape index (κ1) is 16.9. The Kier molecular flexibility index (Phi) is 4.65. The van der Waals surface area contributed by atoms with Crippen molar-refractivity contribution in [3.63, 3.8) is 0 Å². The van der Waals surface area contributed by atoms with Gasteiger partial charge in [-0.25, -0.2) is 4.39 Å². The molecule has 1 heterocycles. The van der Waals surface area contributed by atoms with Crippen LogP contribution in [-0.2, 0) is 6.54 Å². The number of nitrogens with one attached hydrogen (secondary N) is 1. The number of carbonyl (C=O) groups is 1. The van der Waals surface area contributed by atoms with E-state index in [1.54, 1.807) is 4.90 Å². The minimum atomic E-state index is -0.390. The number of pyridine rings is 1. The second-order valence-corrected chi connectivity index (χ2v) is 6.24. The molecule has 0 saturated carbocycles. The first-order chi connectivity index (χ1) is 12.0. The van der Waals surface area contributed by atoms with Crippen LogP contribution in [0.25, 0.3) is 10.9 Å². The molecule has 0 spiro atoms. The van der Waals surface area contributed by atoms with Crippen LogP contribution < -0.4 is 5.56 Å². The molecule has 0 aliphatic heterocycles. The third-order valence-electron chi connectivity index (χ3n) is 4.15. The number of nitrogens with zero attached hydrogens (tertiary/aromatic N) is 1. The Hall–Kier alpha value is -2.95. The van der Waals surface area contributed by atoms with Gasteiger partial charge in [0.2, 0.25) is 0 Å². The molecule has 0 aliphatic rings. The van der Waals surface area contributed by atoms with Gasteiger partial charge in [0.05, 0.1) is 6.54 Å². The molecule has 0 unspecified atom stereocenters. The third-order valence-corrected chi connectivity index (χ3v) is 4.15. The standard InChI is InChI=1S/C20H19FN2O2/c1-13(2)23(20(25)14-7-9-17(21)10-8-14)12-16-11-15-5-3-4-6-18(15)22-19(16)24/h3-11,13H,12H2,1-2H3,(H,22,24). The van der Waals surface area contributed by atoms with Gasteiger partial charge in [0.15, 0.2) is 0 Å². The predicted molar refractivity (Wildman–Crippen MR) is 96.0 cm³/mol. The number of aromatic nitrogens is 1. The Morgan fingerprint density at radius 3 is 2.48 bits per heavy atom. The normalized spacial score (nSPS) is 11.0. The van der Waals surface area contributed by atoms with Crippen LogP contribution in [-0.4, -0.2) is 21.8 Å². The first-order valence-corrected chi connectivity index (χ1v) is 8.13.